The lowest BCUT2D eigenvalue weighted by Gasteiger charge is -2.08. The summed E-state index contributed by atoms with van der Waals surface area (Å²) in [5.41, 5.74) is 5.46. The molecule has 12 heavy (non-hydrogen) atoms. The van der Waals surface area contributed by atoms with Gasteiger partial charge in [-0.3, -0.25) is 9.59 Å². The molecule has 5 heteroatoms. The van der Waals surface area contributed by atoms with Crippen molar-refractivity contribution in [2.45, 2.75) is 18.9 Å². The first-order valence-corrected chi connectivity index (χ1v) is 3.73. The Balaban J connectivity index is 2.72. The second kappa shape index (κ2) is 3.10. The first-order chi connectivity index (χ1) is 5.52. The van der Waals surface area contributed by atoms with Gasteiger partial charge in [0, 0.05) is 6.04 Å². The Morgan fingerprint density at radius 2 is 1.42 bits per heavy atom. The Hall–Kier alpha value is -1.10. The van der Waals surface area contributed by atoms with E-state index < -0.39 is 23.8 Å². The summed E-state index contributed by atoms with van der Waals surface area (Å²) in [7, 11) is 0. The number of hydrogen-bond acceptors (Lipinski definition) is 3. The summed E-state index contributed by atoms with van der Waals surface area (Å²) in [5.74, 6) is -3.74. The molecule has 68 valence electrons. The molecule has 1 fully saturated rings. The largest absolute Gasteiger partial charge is 0.481 e. The van der Waals surface area contributed by atoms with Crippen LogP contribution in [-0.4, -0.2) is 28.2 Å². The van der Waals surface area contributed by atoms with Gasteiger partial charge in [-0.15, -0.1) is 0 Å². The van der Waals surface area contributed by atoms with Gasteiger partial charge >= 0.3 is 11.9 Å². The Morgan fingerprint density at radius 1 is 1.08 bits per heavy atom. The lowest BCUT2D eigenvalue weighted by Crippen LogP contribution is -2.24. The molecule has 0 aromatic rings. The van der Waals surface area contributed by atoms with Crippen LogP contribution in [0.5, 0.6) is 0 Å². The van der Waals surface area contributed by atoms with Crippen LogP contribution in [0.25, 0.3) is 0 Å². The molecule has 5 nitrogen and oxygen atoms in total. The number of carbonyl (C=O) groups is 2. The molecule has 0 saturated heterocycles. The number of carboxylic acids is 2. The molecule has 0 bridgehead atoms. The minimum absolute atomic E-state index is 0.270. The third-order valence-electron chi connectivity index (χ3n) is 2.23. The molecule has 1 aliphatic carbocycles. The standard InChI is InChI=1S/C7H11NO4/c8-3-1-4(6(9)10)5(2-3)7(11)12/h3-5H,1-2,8H2,(H,9,10)(H,11,12). The normalized spacial score (nSPS) is 34.9. The highest BCUT2D eigenvalue weighted by molar-refractivity contribution is 5.80. The van der Waals surface area contributed by atoms with E-state index in [0.29, 0.717) is 0 Å². The van der Waals surface area contributed by atoms with Gasteiger partial charge in [-0.2, -0.15) is 0 Å². The fourth-order valence-corrected chi connectivity index (χ4v) is 1.62. The van der Waals surface area contributed by atoms with Crippen molar-refractivity contribution in [1.29, 1.82) is 0 Å². The van der Waals surface area contributed by atoms with Crippen LogP contribution in [0.15, 0.2) is 0 Å². The molecule has 2 unspecified atom stereocenters. The first kappa shape index (κ1) is 8.99. The van der Waals surface area contributed by atoms with Gasteiger partial charge in [-0.05, 0) is 12.8 Å². The number of hydrogen-bond donors (Lipinski definition) is 3. The smallest absolute Gasteiger partial charge is 0.307 e. The lowest BCUT2D eigenvalue weighted by atomic mass is 9.97. The zero-order chi connectivity index (χ0) is 9.30. The Kier molecular flexibility index (Phi) is 2.32. The first-order valence-electron chi connectivity index (χ1n) is 3.73. The number of aliphatic carboxylic acids is 2. The van der Waals surface area contributed by atoms with E-state index in [-0.39, 0.29) is 18.9 Å². The Morgan fingerprint density at radius 3 is 1.67 bits per heavy atom. The fourth-order valence-electron chi connectivity index (χ4n) is 1.62. The molecule has 0 aromatic carbocycles. The molecule has 4 N–H and O–H groups in total. The maximum Gasteiger partial charge on any atom is 0.307 e. The minimum atomic E-state index is -1.06. The van der Waals surface area contributed by atoms with Gasteiger partial charge in [0.2, 0.25) is 0 Å². The number of nitrogens with two attached hydrogens (primary N) is 1. The topological polar surface area (TPSA) is 101 Å². The summed E-state index contributed by atoms with van der Waals surface area (Å²) in [6.45, 7) is 0. The predicted octanol–water partition coefficient (Wildman–Crippen LogP) is -0.491. The SMILES string of the molecule is NC1CC(C(=O)O)C(C(=O)O)C1. The highest BCUT2D eigenvalue weighted by Crippen LogP contribution is 2.31. The van der Waals surface area contributed by atoms with Crippen LogP contribution in [0, 0.1) is 11.8 Å². The van der Waals surface area contributed by atoms with Crippen molar-refractivity contribution in [2.75, 3.05) is 0 Å². The van der Waals surface area contributed by atoms with Crippen LogP contribution in [-0.2, 0) is 9.59 Å². The number of rotatable bonds is 2. The van der Waals surface area contributed by atoms with Crippen LogP contribution in [0.2, 0.25) is 0 Å². The average molecular weight is 173 g/mol. The summed E-state index contributed by atoms with van der Waals surface area (Å²) in [6.07, 6.45) is 0.540. The van der Waals surface area contributed by atoms with Crippen LogP contribution in [0.3, 0.4) is 0 Å². The van der Waals surface area contributed by atoms with Crippen molar-refractivity contribution >= 4 is 11.9 Å². The highest BCUT2D eigenvalue weighted by Gasteiger charge is 2.41. The summed E-state index contributed by atoms with van der Waals surface area (Å²) in [5, 5.41) is 17.3. The molecule has 1 saturated carbocycles. The van der Waals surface area contributed by atoms with Crippen LogP contribution in [0.4, 0.5) is 0 Å². The van der Waals surface area contributed by atoms with E-state index in [1.165, 1.54) is 0 Å². The molecule has 1 rings (SSSR count). The monoisotopic (exact) mass is 173 g/mol. The van der Waals surface area contributed by atoms with Crippen LogP contribution < -0.4 is 5.73 Å². The van der Waals surface area contributed by atoms with Gasteiger partial charge in [0.25, 0.3) is 0 Å². The molecule has 1 aliphatic rings. The van der Waals surface area contributed by atoms with E-state index in [1.54, 1.807) is 0 Å². The van der Waals surface area contributed by atoms with Crippen molar-refractivity contribution < 1.29 is 19.8 Å². The molecule has 0 aliphatic heterocycles. The predicted molar refractivity (Wildman–Crippen MR) is 39.5 cm³/mol. The average Bonchev–Trinajstić information content (AvgIpc) is 2.31. The van der Waals surface area contributed by atoms with Gasteiger partial charge in [0.15, 0.2) is 0 Å². The van der Waals surface area contributed by atoms with Gasteiger partial charge in [-0.25, -0.2) is 0 Å². The van der Waals surface area contributed by atoms with Crippen molar-refractivity contribution in [3.63, 3.8) is 0 Å². The maximum absolute atomic E-state index is 10.5. The van der Waals surface area contributed by atoms with Gasteiger partial charge < -0.3 is 15.9 Å². The van der Waals surface area contributed by atoms with Gasteiger partial charge in [-0.1, -0.05) is 0 Å². The minimum Gasteiger partial charge on any atom is -0.481 e. The lowest BCUT2D eigenvalue weighted by molar-refractivity contribution is -0.152. The third-order valence-corrected chi connectivity index (χ3v) is 2.23. The molecule has 2 atom stereocenters. The van der Waals surface area contributed by atoms with Crippen LogP contribution >= 0.6 is 0 Å². The molecular weight excluding hydrogens is 162 g/mol. The third kappa shape index (κ3) is 1.55. The summed E-state index contributed by atoms with van der Waals surface area (Å²) in [6, 6.07) is -0.285. The molecule has 0 heterocycles. The molecule has 0 radical (unpaired) electrons. The Bertz CT molecular complexity index is 193. The van der Waals surface area contributed by atoms with E-state index in [1.807, 2.05) is 0 Å². The van der Waals surface area contributed by atoms with E-state index in [4.69, 9.17) is 15.9 Å². The van der Waals surface area contributed by atoms with E-state index in [9.17, 15) is 9.59 Å². The zero-order valence-corrected chi connectivity index (χ0v) is 6.43. The van der Waals surface area contributed by atoms with Crippen molar-refractivity contribution in [3.8, 4) is 0 Å². The van der Waals surface area contributed by atoms with Crippen molar-refractivity contribution in [2.24, 2.45) is 17.6 Å². The summed E-state index contributed by atoms with van der Waals surface area (Å²) >= 11 is 0. The van der Waals surface area contributed by atoms with Crippen LogP contribution in [0.1, 0.15) is 12.8 Å². The van der Waals surface area contributed by atoms with E-state index >= 15 is 0 Å². The van der Waals surface area contributed by atoms with E-state index in [2.05, 4.69) is 0 Å². The van der Waals surface area contributed by atoms with Crippen molar-refractivity contribution in [1.82, 2.24) is 0 Å². The Labute approximate surface area is 69.2 Å². The fraction of sp³-hybridized carbons (Fsp3) is 0.714. The molecule has 0 amide bonds. The second-order valence-corrected chi connectivity index (χ2v) is 3.12. The quantitative estimate of drug-likeness (QED) is 0.523. The van der Waals surface area contributed by atoms with Gasteiger partial charge in [0.1, 0.15) is 0 Å². The van der Waals surface area contributed by atoms with Gasteiger partial charge in [0.05, 0.1) is 11.8 Å². The zero-order valence-electron chi connectivity index (χ0n) is 6.43. The molecule has 0 aromatic heterocycles. The maximum atomic E-state index is 10.5. The summed E-state index contributed by atoms with van der Waals surface area (Å²) < 4.78 is 0. The molecular formula is C7H11NO4. The molecule has 0 spiro atoms. The second-order valence-electron chi connectivity index (χ2n) is 3.12. The van der Waals surface area contributed by atoms with E-state index in [0.717, 1.165) is 0 Å². The van der Waals surface area contributed by atoms with Crippen molar-refractivity contribution in [3.05, 3.63) is 0 Å². The number of carboxylic acid groups (broad SMARTS) is 2. The highest BCUT2D eigenvalue weighted by atomic mass is 16.4. The summed E-state index contributed by atoms with van der Waals surface area (Å²) in [4.78, 5) is 21.1.